The van der Waals surface area contributed by atoms with Crippen LogP contribution in [0.15, 0.2) is 40.5 Å². The van der Waals surface area contributed by atoms with E-state index in [-0.39, 0.29) is 0 Å². The van der Waals surface area contributed by atoms with Gasteiger partial charge in [-0.15, -0.1) is 0 Å². The zero-order chi connectivity index (χ0) is 12.3. The average Bonchev–Trinajstić information content (AvgIpc) is 2.32. The summed E-state index contributed by atoms with van der Waals surface area (Å²) in [6, 6.07) is 8.05. The van der Waals surface area contributed by atoms with E-state index in [1.807, 2.05) is 25.1 Å². The summed E-state index contributed by atoms with van der Waals surface area (Å²) in [5.74, 6) is 0. The summed E-state index contributed by atoms with van der Waals surface area (Å²) in [4.78, 5) is 9.83. The van der Waals surface area contributed by atoms with E-state index in [0.717, 1.165) is 16.4 Å². The molecule has 0 bridgehead atoms. The van der Waals surface area contributed by atoms with Crippen LogP contribution in [0.5, 0.6) is 0 Å². The lowest BCUT2D eigenvalue weighted by atomic mass is 10.1. The van der Waals surface area contributed by atoms with Crippen molar-refractivity contribution in [2.75, 3.05) is 0 Å². The molecule has 0 saturated carbocycles. The number of benzene rings is 1. The third-order valence-corrected chi connectivity index (χ3v) is 3.65. The predicted octanol–water partition coefficient (Wildman–Crippen LogP) is 2.70. The van der Waals surface area contributed by atoms with Crippen LogP contribution in [0.25, 0.3) is 0 Å². The Balaban J connectivity index is 2.35. The monoisotopic (exact) mass is 245 g/mol. The Morgan fingerprint density at radius 3 is 2.76 bits per heavy atom. The summed E-state index contributed by atoms with van der Waals surface area (Å²) < 4.78 is 0. The zero-order valence-electron chi connectivity index (χ0n) is 9.97. The van der Waals surface area contributed by atoms with Gasteiger partial charge in [-0.2, -0.15) is 0 Å². The van der Waals surface area contributed by atoms with Crippen molar-refractivity contribution in [2.45, 2.75) is 30.4 Å². The van der Waals surface area contributed by atoms with Crippen molar-refractivity contribution in [3.05, 3.63) is 47.3 Å². The third kappa shape index (κ3) is 2.84. The molecule has 0 fully saturated rings. The lowest BCUT2D eigenvalue weighted by molar-refractivity contribution is 0.926. The van der Waals surface area contributed by atoms with Gasteiger partial charge in [-0.25, -0.2) is 9.97 Å². The summed E-state index contributed by atoms with van der Waals surface area (Å²) in [5.41, 5.74) is 9.08. The number of rotatable bonds is 3. The molecule has 2 N–H and O–H groups in total. The maximum absolute atomic E-state index is 5.75. The Labute approximate surface area is 105 Å². The van der Waals surface area contributed by atoms with Gasteiger partial charge in [0, 0.05) is 23.3 Å². The summed E-state index contributed by atoms with van der Waals surface area (Å²) >= 11 is 1.58. The highest BCUT2D eigenvalue weighted by atomic mass is 32.2. The lowest BCUT2D eigenvalue weighted by Crippen LogP contribution is -2.00. The molecule has 2 aromatic rings. The van der Waals surface area contributed by atoms with Crippen LogP contribution in [0, 0.1) is 13.8 Å². The van der Waals surface area contributed by atoms with E-state index in [1.54, 1.807) is 18.0 Å². The SMILES string of the molecule is Cc1ccnc(Sc2c(C)cccc2CN)n1. The predicted molar refractivity (Wildman–Crippen MR) is 70.0 cm³/mol. The fraction of sp³-hybridized carbons (Fsp3) is 0.231. The molecule has 88 valence electrons. The first-order chi connectivity index (χ1) is 8.20. The molecule has 4 heteroatoms. The van der Waals surface area contributed by atoms with Crippen molar-refractivity contribution < 1.29 is 0 Å². The largest absolute Gasteiger partial charge is 0.326 e. The van der Waals surface area contributed by atoms with Gasteiger partial charge in [0.15, 0.2) is 5.16 Å². The van der Waals surface area contributed by atoms with Crippen molar-refractivity contribution >= 4 is 11.8 Å². The summed E-state index contributed by atoms with van der Waals surface area (Å²) in [6.07, 6.45) is 1.78. The second kappa shape index (κ2) is 5.29. The fourth-order valence-corrected chi connectivity index (χ4v) is 2.58. The van der Waals surface area contributed by atoms with Crippen LogP contribution >= 0.6 is 11.8 Å². The van der Waals surface area contributed by atoms with Crippen LogP contribution in [0.2, 0.25) is 0 Å². The van der Waals surface area contributed by atoms with Gasteiger partial charge >= 0.3 is 0 Å². The van der Waals surface area contributed by atoms with Crippen LogP contribution in [0.1, 0.15) is 16.8 Å². The number of nitrogens with zero attached hydrogens (tertiary/aromatic N) is 2. The molecule has 0 spiro atoms. The molecule has 0 atom stereocenters. The Kier molecular flexibility index (Phi) is 3.76. The van der Waals surface area contributed by atoms with Crippen LogP contribution in [-0.4, -0.2) is 9.97 Å². The Morgan fingerprint density at radius 1 is 1.24 bits per heavy atom. The van der Waals surface area contributed by atoms with E-state index < -0.39 is 0 Å². The maximum Gasteiger partial charge on any atom is 0.192 e. The highest BCUT2D eigenvalue weighted by Crippen LogP contribution is 2.30. The standard InChI is InChI=1S/C13H15N3S/c1-9-4-3-5-11(8-14)12(9)17-13-15-7-6-10(2)16-13/h3-7H,8,14H2,1-2H3. The molecular weight excluding hydrogens is 230 g/mol. The van der Waals surface area contributed by atoms with Gasteiger partial charge in [0.2, 0.25) is 0 Å². The molecule has 0 aliphatic heterocycles. The Hall–Kier alpha value is -1.39. The number of aryl methyl sites for hydroxylation is 2. The van der Waals surface area contributed by atoms with Gasteiger partial charge < -0.3 is 5.73 Å². The molecule has 3 nitrogen and oxygen atoms in total. The molecule has 1 aromatic heterocycles. The summed E-state index contributed by atoms with van der Waals surface area (Å²) in [7, 11) is 0. The molecule has 0 aliphatic carbocycles. The molecule has 17 heavy (non-hydrogen) atoms. The third-order valence-electron chi connectivity index (χ3n) is 2.48. The van der Waals surface area contributed by atoms with Crippen LogP contribution < -0.4 is 5.73 Å². The minimum Gasteiger partial charge on any atom is -0.326 e. The second-order valence-electron chi connectivity index (χ2n) is 3.85. The fourth-order valence-electron chi connectivity index (χ4n) is 1.59. The van der Waals surface area contributed by atoms with E-state index in [2.05, 4.69) is 23.0 Å². The first-order valence-electron chi connectivity index (χ1n) is 5.47. The summed E-state index contributed by atoms with van der Waals surface area (Å²) in [6.45, 7) is 4.58. The topological polar surface area (TPSA) is 51.8 Å². The minimum absolute atomic E-state index is 0.538. The van der Waals surface area contributed by atoms with Crippen molar-refractivity contribution in [1.82, 2.24) is 9.97 Å². The van der Waals surface area contributed by atoms with Crippen LogP contribution in [-0.2, 0) is 6.54 Å². The van der Waals surface area contributed by atoms with E-state index >= 15 is 0 Å². The Morgan fingerprint density at radius 2 is 2.06 bits per heavy atom. The number of hydrogen-bond donors (Lipinski definition) is 1. The maximum atomic E-state index is 5.75. The zero-order valence-corrected chi connectivity index (χ0v) is 10.8. The lowest BCUT2D eigenvalue weighted by Gasteiger charge is -2.09. The molecular formula is C13H15N3S. The van der Waals surface area contributed by atoms with Crippen molar-refractivity contribution in [1.29, 1.82) is 0 Å². The molecule has 0 amide bonds. The van der Waals surface area contributed by atoms with Crippen molar-refractivity contribution in [2.24, 2.45) is 5.73 Å². The van der Waals surface area contributed by atoms with Gasteiger partial charge in [0.25, 0.3) is 0 Å². The normalized spacial score (nSPS) is 10.5. The van der Waals surface area contributed by atoms with Gasteiger partial charge in [-0.1, -0.05) is 18.2 Å². The van der Waals surface area contributed by atoms with Crippen molar-refractivity contribution in [3.63, 3.8) is 0 Å². The number of aromatic nitrogens is 2. The van der Waals surface area contributed by atoms with E-state index in [4.69, 9.17) is 5.73 Å². The molecule has 0 unspecified atom stereocenters. The van der Waals surface area contributed by atoms with Gasteiger partial charge in [-0.05, 0) is 42.8 Å². The van der Waals surface area contributed by atoms with E-state index in [9.17, 15) is 0 Å². The molecule has 2 rings (SSSR count). The highest BCUT2D eigenvalue weighted by Gasteiger charge is 2.08. The quantitative estimate of drug-likeness (QED) is 0.845. The van der Waals surface area contributed by atoms with Crippen molar-refractivity contribution in [3.8, 4) is 0 Å². The molecule has 1 heterocycles. The van der Waals surface area contributed by atoms with E-state index in [1.165, 1.54) is 10.5 Å². The van der Waals surface area contributed by atoms with Gasteiger partial charge in [0.1, 0.15) is 0 Å². The first kappa shape index (κ1) is 12.1. The number of hydrogen-bond acceptors (Lipinski definition) is 4. The molecule has 0 radical (unpaired) electrons. The summed E-state index contributed by atoms with van der Waals surface area (Å²) in [5, 5.41) is 0.772. The molecule has 1 aromatic carbocycles. The molecule has 0 aliphatic rings. The second-order valence-corrected chi connectivity index (χ2v) is 4.83. The minimum atomic E-state index is 0.538. The van der Waals surface area contributed by atoms with Gasteiger partial charge in [-0.3, -0.25) is 0 Å². The highest BCUT2D eigenvalue weighted by molar-refractivity contribution is 7.99. The first-order valence-corrected chi connectivity index (χ1v) is 6.28. The average molecular weight is 245 g/mol. The van der Waals surface area contributed by atoms with E-state index in [0.29, 0.717) is 6.54 Å². The van der Waals surface area contributed by atoms with Crippen LogP contribution in [0.3, 0.4) is 0 Å². The molecule has 0 saturated heterocycles. The van der Waals surface area contributed by atoms with Gasteiger partial charge in [0.05, 0.1) is 0 Å². The Bertz CT molecular complexity index is 526. The van der Waals surface area contributed by atoms with Crippen LogP contribution in [0.4, 0.5) is 0 Å². The number of nitrogens with two attached hydrogens (primary N) is 1. The smallest absolute Gasteiger partial charge is 0.192 e.